The third-order valence-corrected chi connectivity index (χ3v) is 4.18. The highest BCUT2D eigenvalue weighted by atomic mass is 32.2. The number of hydrogen-bond acceptors (Lipinski definition) is 3. The molecule has 0 amide bonds. The maximum Gasteiger partial charge on any atom is 0.238 e. The fourth-order valence-electron chi connectivity index (χ4n) is 3.01. The number of benzene rings is 1. The van der Waals surface area contributed by atoms with Gasteiger partial charge in [-0.25, -0.2) is 13.6 Å². The first kappa shape index (κ1) is 18.1. The summed E-state index contributed by atoms with van der Waals surface area (Å²) in [6.07, 6.45) is 1.01. The van der Waals surface area contributed by atoms with E-state index >= 15 is 0 Å². The fourth-order valence-corrected chi connectivity index (χ4v) is 3.58. The zero-order valence-electron chi connectivity index (χ0n) is 13.9. The Bertz CT molecular complexity index is 587. The van der Waals surface area contributed by atoms with Gasteiger partial charge in [-0.1, -0.05) is 32.9 Å². The Balaban J connectivity index is 2.92. The highest BCUT2D eigenvalue weighted by molar-refractivity contribution is 7.89. The predicted molar refractivity (Wildman–Crippen MR) is 87.5 cm³/mol. The number of primary sulfonamides is 1. The van der Waals surface area contributed by atoms with Gasteiger partial charge in [-0.15, -0.1) is 0 Å². The molecular weight excluding hydrogens is 284 g/mol. The van der Waals surface area contributed by atoms with Crippen LogP contribution >= 0.6 is 0 Å². The Hall–Kier alpha value is -0.910. The molecule has 120 valence electrons. The molecule has 0 radical (unpaired) electrons. The summed E-state index contributed by atoms with van der Waals surface area (Å²) in [6.45, 7) is 13.0. The van der Waals surface area contributed by atoms with Crippen molar-refractivity contribution in [3.8, 4) is 0 Å². The molecule has 1 rings (SSSR count). The highest BCUT2D eigenvalue weighted by Crippen LogP contribution is 2.29. The quantitative estimate of drug-likeness (QED) is 0.877. The van der Waals surface area contributed by atoms with Crippen molar-refractivity contribution >= 4 is 10.0 Å². The molecule has 0 aliphatic carbocycles. The Labute approximate surface area is 129 Å². The molecule has 0 aromatic heterocycles. The summed E-state index contributed by atoms with van der Waals surface area (Å²) in [5.41, 5.74) is 1.09. The van der Waals surface area contributed by atoms with Crippen LogP contribution in [0.15, 0.2) is 29.2 Å². The third kappa shape index (κ3) is 6.16. The van der Waals surface area contributed by atoms with Crippen LogP contribution in [0.25, 0.3) is 0 Å². The van der Waals surface area contributed by atoms with Crippen LogP contribution in [0.4, 0.5) is 0 Å². The van der Waals surface area contributed by atoms with Crippen molar-refractivity contribution < 1.29 is 8.42 Å². The molecule has 0 bridgehead atoms. The van der Waals surface area contributed by atoms with E-state index in [-0.39, 0.29) is 21.9 Å². The van der Waals surface area contributed by atoms with E-state index in [2.05, 4.69) is 39.9 Å². The zero-order chi connectivity index (χ0) is 16.5. The number of sulfonamides is 1. The van der Waals surface area contributed by atoms with Gasteiger partial charge in [0.25, 0.3) is 0 Å². The van der Waals surface area contributed by atoms with Crippen molar-refractivity contribution in [2.75, 3.05) is 0 Å². The summed E-state index contributed by atoms with van der Waals surface area (Å²) in [5.74, 6) is 0. The lowest BCUT2D eigenvalue weighted by Crippen LogP contribution is -2.43. The largest absolute Gasteiger partial charge is 0.305 e. The number of rotatable bonds is 5. The minimum Gasteiger partial charge on any atom is -0.305 e. The SMILES string of the molecule is CC(NC(C)(C)CC(C)(C)C)c1cccc(S(N)(=O)=O)c1. The summed E-state index contributed by atoms with van der Waals surface area (Å²) < 4.78 is 22.9. The zero-order valence-corrected chi connectivity index (χ0v) is 14.7. The lowest BCUT2D eigenvalue weighted by atomic mass is 9.81. The molecule has 0 heterocycles. The lowest BCUT2D eigenvalue weighted by Gasteiger charge is -2.36. The average Bonchev–Trinajstić information content (AvgIpc) is 2.23. The fraction of sp³-hybridized carbons (Fsp3) is 0.625. The molecule has 5 heteroatoms. The number of nitrogens with one attached hydrogen (secondary N) is 1. The molecule has 1 aromatic carbocycles. The van der Waals surface area contributed by atoms with E-state index in [0.717, 1.165) is 12.0 Å². The Morgan fingerprint density at radius 2 is 1.76 bits per heavy atom. The maximum atomic E-state index is 11.4. The van der Waals surface area contributed by atoms with E-state index in [9.17, 15) is 8.42 Å². The van der Waals surface area contributed by atoms with E-state index in [4.69, 9.17) is 5.14 Å². The molecule has 1 atom stereocenters. The first-order valence-electron chi connectivity index (χ1n) is 7.21. The van der Waals surface area contributed by atoms with Crippen LogP contribution in [0.3, 0.4) is 0 Å². The van der Waals surface area contributed by atoms with Gasteiger partial charge in [-0.05, 0) is 50.3 Å². The third-order valence-electron chi connectivity index (χ3n) is 3.27. The van der Waals surface area contributed by atoms with Crippen molar-refractivity contribution in [3.05, 3.63) is 29.8 Å². The van der Waals surface area contributed by atoms with Crippen LogP contribution in [0, 0.1) is 5.41 Å². The molecule has 4 nitrogen and oxygen atoms in total. The normalized spacial score (nSPS) is 15.0. The monoisotopic (exact) mass is 312 g/mol. The molecule has 3 N–H and O–H groups in total. The Kier molecular flexibility index (Phi) is 5.24. The predicted octanol–water partition coefficient (Wildman–Crippen LogP) is 3.20. The van der Waals surface area contributed by atoms with Crippen LogP contribution in [0.5, 0.6) is 0 Å². The lowest BCUT2D eigenvalue weighted by molar-refractivity contribution is 0.226. The van der Waals surface area contributed by atoms with Gasteiger partial charge in [0.2, 0.25) is 10.0 Å². The van der Waals surface area contributed by atoms with Crippen molar-refractivity contribution in [2.24, 2.45) is 10.6 Å². The van der Waals surface area contributed by atoms with Crippen molar-refractivity contribution in [3.63, 3.8) is 0 Å². The molecule has 0 spiro atoms. The van der Waals surface area contributed by atoms with Crippen molar-refractivity contribution in [1.29, 1.82) is 0 Å². The van der Waals surface area contributed by atoms with E-state index < -0.39 is 10.0 Å². The maximum absolute atomic E-state index is 11.4. The Morgan fingerprint density at radius 1 is 1.19 bits per heavy atom. The van der Waals surface area contributed by atoms with Gasteiger partial charge < -0.3 is 5.32 Å². The summed E-state index contributed by atoms with van der Waals surface area (Å²) in [6, 6.07) is 6.85. The molecule has 0 aliphatic rings. The molecule has 1 unspecified atom stereocenters. The molecule has 0 saturated heterocycles. The van der Waals surface area contributed by atoms with Crippen LogP contribution in [0.2, 0.25) is 0 Å². The second-order valence-corrected chi connectivity index (χ2v) is 9.17. The summed E-state index contributed by atoms with van der Waals surface area (Å²) in [5, 5.41) is 8.76. The molecular formula is C16H28N2O2S. The molecule has 0 saturated carbocycles. The molecule has 1 aromatic rings. The standard InChI is InChI=1S/C16H28N2O2S/c1-12(18-16(5,6)11-15(2,3)4)13-8-7-9-14(10-13)21(17,19)20/h7-10,12,18H,11H2,1-6H3,(H2,17,19,20). The van der Waals surface area contributed by atoms with Gasteiger partial charge >= 0.3 is 0 Å². The summed E-state index contributed by atoms with van der Waals surface area (Å²) in [4.78, 5) is 0.155. The van der Waals surface area contributed by atoms with Crippen LogP contribution < -0.4 is 10.5 Å². The Morgan fingerprint density at radius 3 is 2.24 bits per heavy atom. The number of nitrogens with two attached hydrogens (primary N) is 1. The minimum atomic E-state index is -3.66. The summed E-state index contributed by atoms with van der Waals surface area (Å²) in [7, 11) is -3.66. The van der Waals surface area contributed by atoms with Gasteiger partial charge in [-0.2, -0.15) is 0 Å². The second kappa shape index (κ2) is 6.07. The van der Waals surface area contributed by atoms with Gasteiger partial charge in [0, 0.05) is 11.6 Å². The number of hydrogen-bond donors (Lipinski definition) is 2. The first-order valence-corrected chi connectivity index (χ1v) is 8.75. The van der Waals surface area contributed by atoms with Gasteiger partial charge in [0.1, 0.15) is 0 Å². The summed E-state index contributed by atoms with van der Waals surface area (Å²) >= 11 is 0. The molecule has 0 aliphatic heterocycles. The average molecular weight is 312 g/mol. The second-order valence-electron chi connectivity index (χ2n) is 7.60. The van der Waals surface area contributed by atoms with Crippen LogP contribution in [-0.4, -0.2) is 14.0 Å². The highest BCUT2D eigenvalue weighted by Gasteiger charge is 2.27. The van der Waals surface area contributed by atoms with E-state index in [1.165, 1.54) is 6.07 Å². The van der Waals surface area contributed by atoms with E-state index in [0.29, 0.717) is 0 Å². The molecule has 21 heavy (non-hydrogen) atoms. The van der Waals surface area contributed by atoms with Crippen LogP contribution in [0.1, 0.15) is 59.6 Å². The van der Waals surface area contributed by atoms with Crippen LogP contribution in [-0.2, 0) is 10.0 Å². The van der Waals surface area contributed by atoms with Gasteiger partial charge in [0.15, 0.2) is 0 Å². The smallest absolute Gasteiger partial charge is 0.238 e. The van der Waals surface area contributed by atoms with Gasteiger partial charge in [-0.3, -0.25) is 0 Å². The first-order chi connectivity index (χ1) is 9.30. The van der Waals surface area contributed by atoms with E-state index in [1.54, 1.807) is 12.1 Å². The van der Waals surface area contributed by atoms with Crippen molar-refractivity contribution in [1.82, 2.24) is 5.32 Å². The molecule has 0 fully saturated rings. The van der Waals surface area contributed by atoms with Crippen molar-refractivity contribution in [2.45, 2.75) is 64.4 Å². The van der Waals surface area contributed by atoms with E-state index in [1.807, 2.05) is 13.0 Å². The van der Waals surface area contributed by atoms with Gasteiger partial charge in [0.05, 0.1) is 4.90 Å². The topological polar surface area (TPSA) is 72.2 Å². The minimum absolute atomic E-state index is 0.0454.